The van der Waals surface area contributed by atoms with Crippen molar-refractivity contribution in [3.63, 3.8) is 0 Å². The fourth-order valence-corrected chi connectivity index (χ4v) is 2.60. The molecule has 1 N–H and O–H groups in total. The minimum Gasteiger partial charge on any atom is -0.337 e. The highest BCUT2D eigenvalue weighted by molar-refractivity contribution is 5.98. The number of carbonyl (C=O) groups excluding carboxylic acids is 2. The molecule has 0 spiro atoms. The van der Waals surface area contributed by atoms with Gasteiger partial charge in [0.25, 0.3) is 5.91 Å². The van der Waals surface area contributed by atoms with E-state index in [9.17, 15) is 32.9 Å². The predicted octanol–water partition coefficient (Wildman–Crippen LogP) is 2.72. The van der Waals surface area contributed by atoms with Crippen molar-refractivity contribution in [1.29, 1.82) is 0 Å². The molecule has 1 aliphatic heterocycles. The Morgan fingerprint density at radius 1 is 1.04 bits per heavy atom. The van der Waals surface area contributed by atoms with E-state index in [1.165, 1.54) is 11.0 Å². The van der Waals surface area contributed by atoms with Gasteiger partial charge in [0.05, 0.1) is 10.8 Å². The molecule has 2 aromatic carbocycles. The second kappa shape index (κ2) is 7.06. The van der Waals surface area contributed by atoms with Gasteiger partial charge in [-0.05, 0) is 30.3 Å². The predicted molar refractivity (Wildman–Crippen MR) is 87.4 cm³/mol. The maximum Gasteiger partial charge on any atom is 0.306 e. The molecule has 140 valence electrons. The Labute approximate surface area is 150 Å². The normalized spacial score (nSPS) is 13.8. The summed E-state index contributed by atoms with van der Waals surface area (Å²) in [5.74, 6) is -4.86. The molecule has 0 saturated carbocycles. The Morgan fingerprint density at radius 2 is 1.70 bits per heavy atom. The van der Waals surface area contributed by atoms with Crippen molar-refractivity contribution in [2.24, 2.45) is 5.92 Å². The number of halogens is 3. The highest BCUT2D eigenvalue weighted by Crippen LogP contribution is 2.24. The third-order valence-electron chi connectivity index (χ3n) is 4.12. The van der Waals surface area contributed by atoms with Crippen molar-refractivity contribution in [1.82, 2.24) is 4.90 Å². The number of rotatable bonds is 4. The van der Waals surface area contributed by atoms with Crippen LogP contribution in [0, 0.1) is 33.5 Å². The number of benzene rings is 2. The summed E-state index contributed by atoms with van der Waals surface area (Å²) in [7, 11) is 0. The SMILES string of the molecule is O=C(Nc1ccc(F)c([N+](=O)[O-])c1)C1CN(C(=O)c2ccc(F)c(F)c2)C1. The van der Waals surface area contributed by atoms with Gasteiger partial charge in [-0.2, -0.15) is 4.39 Å². The molecule has 3 rings (SSSR count). The van der Waals surface area contributed by atoms with Crippen molar-refractivity contribution >= 4 is 23.2 Å². The van der Waals surface area contributed by atoms with Gasteiger partial charge in [-0.1, -0.05) is 0 Å². The summed E-state index contributed by atoms with van der Waals surface area (Å²) in [6, 6.07) is 5.72. The zero-order valence-electron chi connectivity index (χ0n) is 13.6. The highest BCUT2D eigenvalue weighted by Gasteiger charge is 2.36. The van der Waals surface area contributed by atoms with Gasteiger partial charge in [0.1, 0.15) is 0 Å². The first-order chi connectivity index (χ1) is 12.8. The van der Waals surface area contributed by atoms with Crippen LogP contribution in [0.1, 0.15) is 10.4 Å². The molecule has 1 aliphatic rings. The number of nitro groups is 1. The minimum atomic E-state index is -1.14. The number of amides is 2. The molecule has 2 aromatic rings. The summed E-state index contributed by atoms with van der Waals surface area (Å²) in [5, 5.41) is 13.1. The third kappa shape index (κ3) is 3.73. The van der Waals surface area contributed by atoms with Gasteiger partial charge < -0.3 is 10.2 Å². The van der Waals surface area contributed by atoms with Crippen LogP contribution < -0.4 is 5.32 Å². The van der Waals surface area contributed by atoms with Crippen LogP contribution in [0.15, 0.2) is 36.4 Å². The molecule has 27 heavy (non-hydrogen) atoms. The topological polar surface area (TPSA) is 92.5 Å². The molecule has 0 bridgehead atoms. The molecule has 10 heteroatoms. The summed E-state index contributed by atoms with van der Waals surface area (Å²) in [6.45, 7) is 0.0971. The zero-order chi connectivity index (χ0) is 19.7. The van der Waals surface area contributed by atoms with Crippen LogP contribution in [0.3, 0.4) is 0 Å². The zero-order valence-corrected chi connectivity index (χ0v) is 13.6. The average Bonchev–Trinajstić information content (AvgIpc) is 2.57. The van der Waals surface area contributed by atoms with Crippen molar-refractivity contribution < 1.29 is 27.7 Å². The van der Waals surface area contributed by atoms with Gasteiger partial charge in [0.2, 0.25) is 11.7 Å². The number of anilines is 1. The average molecular weight is 379 g/mol. The lowest BCUT2D eigenvalue weighted by Gasteiger charge is -2.38. The minimum absolute atomic E-state index is 0.0399. The quantitative estimate of drug-likeness (QED) is 0.653. The van der Waals surface area contributed by atoms with E-state index in [0.29, 0.717) is 0 Å². The van der Waals surface area contributed by atoms with E-state index in [1.807, 2.05) is 0 Å². The Morgan fingerprint density at radius 3 is 2.33 bits per heavy atom. The summed E-state index contributed by atoms with van der Waals surface area (Å²) in [5.41, 5.74) is -0.753. The summed E-state index contributed by atoms with van der Waals surface area (Å²) >= 11 is 0. The Bertz CT molecular complexity index is 945. The number of nitrogens with zero attached hydrogens (tertiary/aromatic N) is 2. The molecule has 7 nitrogen and oxygen atoms in total. The van der Waals surface area contributed by atoms with E-state index in [0.717, 1.165) is 30.3 Å². The van der Waals surface area contributed by atoms with Crippen LogP contribution in [0.5, 0.6) is 0 Å². The van der Waals surface area contributed by atoms with Crippen LogP contribution in [0.2, 0.25) is 0 Å². The molecule has 0 unspecified atom stereocenters. The third-order valence-corrected chi connectivity index (χ3v) is 4.12. The smallest absolute Gasteiger partial charge is 0.306 e. The number of hydrogen-bond donors (Lipinski definition) is 1. The first-order valence-electron chi connectivity index (χ1n) is 7.75. The van der Waals surface area contributed by atoms with E-state index in [1.54, 1.807) is 0 Å². The first kappa shape index (κ1) is 18.4. The largest absolute Gasteiger partial charge is 0.337 e. The number of carbonyl (C=O) groups is 2. The van der Waals surface area contributed by atoms with Crippen LogP contribution in [0.25, 0.3) is 0 Å². The van der Waals surface area contributed by atoms with Gasteiger partial charge in [-0.15, -0.1) is 0 Å². The van der Waals surface area contributed by atoms with E-state index >= 15 is 0 Å². The van der Waals surface area contributed by atoms with Crippen LogP contribution >= 0.6 is 0 Å². The van der Waals surface area contributed by atoms with Crippen molar-refractivity contribution in [3.05, 3.63) is 69.5 Å². The second-order valence-corrected chi connectivity index (χ2v) is 5.95. The fourth-order valence-electron chi connectivity index (χ4n) is 2.60. The Kier molecular flexibility index (Phi) is 4.80. The second-order valence-electron chi connectivity index (χ2n) is 5.95. The maximum atomic E-state index is 13.3. The van der Waals surface area contributed by atoms with E-state index in [-0.39, 0.29) is 24.3 Å². The van der Waals surface area contributed by atoms with E-state index in [4.69, 9.17) is 0 Å². The molecule has 0 aliphatic carbocycles. The van der Waals surface area contributed by atoms with Gasteiger partial charge in [-0.3, -0.25) is 19.7 Å². The lowest BCUT2D eigenvalue weighted by atomic mass is 9.97. The first-order valence-corrected chi connectivity index (χ1v) is 7.75. The van der Waals surface area contributed by atoms with Crippen LogP contribution in [-0.4, -0.2) is 34.7 Å². The molecule has 0 radical (unpaired) electrons. The van der Waals surface area contributed by atoms with Gasteiger partial charge >= 0.3 is 5.69 Å². The number of nitrogens with one attached hydrogen (secondary N) is 1. The lowest BCUT2D eigenvalue weighted by molar-refractivity contribution is -0.387. The maximum absolute atomic E-state index is 13.3. The van der Waals surface area contributed by atoms with E-state index in [2.05, 4.69) is 5.32 Å². The number of hydrogen-bond acceptors (Lipinski definition) is 4. The number of nitro benzene ring substituents is 1. The Balaban J connectivity index is 1.60. The van der Waals surface area contributed by atoms with Crippen LogP contribution in [0.4, 0.5) is 24.5 Å². The molecule has 2 amide bonds. The van der Waals surface area contributed by atoms with Crippen LogP contribution in [-0.2, 0) is 4.79 Å². The lowest BCUT2D eigenvalue weighted by Crippen LogP contribution is -2.54. The summed E-state index contributed by atoms with van der Waals surface area (Å²) < 4.78 is 39.4. The van der Waals surface area contributed by atoms with Gasteiger partial charge in [0.15, 0.2) is 11.6 Å². The molecule has 0 atom stereocenters. The molecular formula is C17H12F3N3O4. The molecule has 1 saturated heterocycles. The van der Waals surface area contributed by atoms with Gasteiger partial charge in [0, 0.05) is 30.4 Å². The van der Waals surface area contributed by atoms with Crippen molar-refractivity contribution in [2.75, 3.05) is 18.4 Å². The monoisotopic (exact) mass is 379 g/mol. The molecular weight excluding hydrogens is 367 g/mol. The number of likely N-dealkylation sites (tertiary alicyclic amines) is 1. The standard InChI is InChI=1S/C17H12F3N3O4/c18-12-3-1-9(5-14(12)20)17(25)22-7-10(8-22)16(24)21-11-2-4-13(19)15(6-11)23(26)27/h1-6,10H,7-8H2,(H,21,24). The molecule has 1 fully saturated rings. The summed E-state index contributed by atoms with van der Waals surface area (Å²) in [4.78, 5) is 35.4. The van der Waals surface area contributed by atoms with Crippen molar-refractivity contribution in [2.45, 2.75) is 0 Å². The van der Waals surface area contributed by atoms with Crippen molar-refractivity contribution in [3.8, 4) is 0 Å². The molecule has 0 aromatic heterocycles. The van der Waals surface area contributed by atoms with Gasteiger partial charge in [-0.25, -0.2) is 8.78 Å². The van der Waals surface area contributed by atoms with E-state index < -0.39 is 45.8 Å². The molecule has 1 heterocycles. The summed E-state index contributed by atoms with van der Waals surface area (Å²) in [6.07, 6.45) is 0. The highest BCUT2D eigenvalue weighted by atomic mass is 19.2. The Hall–Kier alpha value is -3.43. The fraction of sp³-hybridized carbons (Fsp3) is 0.176.